The molecule has 0 spiro atoms. The topological polar surface area (TPSA) is 37.4 Å². The van der Waals surface area contributed by atoms with Gasteiger partial charge in [-0.15, -0.1) is 0 Å². The molecule has 0 saturated heterocycles. The van der Waals surface area contributed by atoms with E-state index >= 15 is 0 Å². The maximum Gasteiger partial charge on any atom is 0.171 e. The van der Waals surface area contributed by atoms with Crippen LogP contribution in [0.5, 0.6) is 5.75 Å². The summed E-state index contributed by atoms with van der Waals surface area (Å²) in [5, 5.41) is 3.34. The second kappa shape index (κ2) is 8.75. The van der Waals surface area contributed by atoms with Crippen LogP contribution in [0.3, 0.4) is 0 Å². The molecule has 1 N–H and O–H groups in total. The molecule has 0 aromatic carbocycles. The molecule has 0 unspecified atom stereocenters. The van der Waals surface area contributed by atoms with Crippen molar-refractivity contribution < 1.29 is 4.74 Å². The summed E-state index contributed by atoms with van der Waals surface area (Å²) in [4.78, 5) is 6.70. The summed E-state index contributed by atoms with van der Waals surface area (Å²) in [5.74, 6) is 1.84. The number of nitrogens with one attached hydrogen (secondary N) is 1. The van der Waals surface area contributed by atoms with Gasteiger partial charge in [0.05, 0.1) is 6.61 Å². The third-order valence-electron chi connectivity index (χ3n) is 2.70. The standard InChI is InChI=1S/C14H25N3O/c1-4-12-18-13-8-7-9-16-14(13)17(6-3)11-10-15-5-2/h7-9,15H,4-6,10-12H2,1-3H3. The molecule has 0 aliphatic carbocycles. The largest absolute Gasteiger partial charge is 0.490 e. The summed E-state index contributed by atoms with van der Waals surface area (Å²) >= 11 is 0. The van der Waals surface area contributed by atoms with Gasteiger partial charge in [-0.25, -0.2) is 4.98 Å². The van der Waals surface area contributed by atoms with Crippen LogP contribution < -0.4 is 15.0 Å². The summed E-state index contributed by atoms with van der Waals surface area (Å²) in [6, 6.07) is 3.92. The normalized spacial score (nSPS) is 10.4. The fraction of sp³-hybridized carbons (Fsp3) is 0.643. The first-order valence-electron chi connectivity index (χ1n) is 6.86. The molecule has 0 radical (unpaired) electrons. The van der Waals surface area contributed by atoms with E-state index in [1.54, 1.807) is 0 Å². The van der Waals surface area contributed by atoms with Gasteiger partial charge >= 0.3 is 0 Å². The van der Waals surface area contributed by atoms with Crippen LogP contribution in [-0.2, 0) is 0 Å². The van der Waals surface area contributed by atoms with Gasteiger partial charge in [-0.05, 0) is 32.0 Å². The molecule has 0 fully saturated rings. The Morgan fingerprint density at radius 3 is 2.83 bits per heavy atom. The predicted octanol–water partition coefficient (Wildman–Crippen LogP) is 2.31. The Kier molecular flexibility index (Phi) is 7.18. The first-order valence-corrected chi connectivity index (χ1v) is 6.86. The van der Waals surface area contributed by atoms with Crippen molar-refractivity contribution in [1.82, 2.24) is 10.3 Å². The molecular weight excluding hydrogens is 226 g/mol. The van der Waals surface area contributed by atoms with Crippen molar-refractivity contribution in [2.75, 3.05) is 37.7 Å². The van der Waals surface area contributed by atoms with Gasteiger partial charge in [0.25, 0.3) is 0 Å². The van der Waals surface area contributed by atoms with Gasteiger partial charge in [0.2, 0.25) is 0 Å². The van der Waals surface area contributed by atoms with Gasteiger partial charge < -0.3 is 15.0 Å². The summed E-state index contributed by atoms with van der Waals surface area (Å²) in [6.45, 7) is 11.0. The Balaban J connectivity index is 2.70. The van der Waals surface area contributed by atoms with Crippen molar-refractivity contribution in [3.8, 4) is 5.75 Å². The van der Waals surface area contributed by atoms with Crippen molar-refractivity contribution in [3.63, 3.8) is 0 Å². The van der Waals surface area contributed by atoms with Gasteiger partial charge in [0.15, 0.2) is 11.6 Å². The maximum absolute atomic E-state index is 5.75. The van der Waals surface area contributed by atoms with Crippen LogP contribution in [0.25, 0.3) is 0 Å². The third kappa shape index (κ3) is 4.53. The predicted molar refractivity (Wildman–Crippen MR) is 76.5 cm³/mol. The minimum Gasteiger partial charge on any atom is -0.490 e. The zero-order valence-corrected chi connectivity index (χ0v) is 11.8. The Morgan fingerprint density at radius 1 is 1.33 bits per heavy atom. The van der Waals surface area contributed by atoms with Gasteiger partial charge in [0.1, 0.15) is 0 Å². The van der Waals surface area contributed by atoms with Gasteiger partial charge in [-0.2, -0.15) is 0 Å². The van der Waals surface area contributed by atoms with Gasteiger partial charge in [-0.1, -0.05) is 13.8 Å². The zero-order valence-electron chi connectivity index (χ0n) is 11.8. The number of ether oxygens (including phenoxy) is 1. The minimum atomic E-state index is 0.740. The quantitative estimate of drug-likeness (QED) is 0.683. The number of hydrogen-bond acceptors (Lipinski definition) is 4. The SMILES string of the molecule is CCCOc1cccnc1N(CC)CCNCC. The summed E-state index contributed by atoms with van der Waals surface area (Å²) < 4.78 is 5.75. The molecular formula is C14H25N3O. The molecule has 1 rings (SSSR count). The second-order valence-corrected chi connectivity index (χ2v) is 4.11. The van der Waals surface area contributed by atoms with E-state index in [-0.39, 0.29) is 0 Å². The number of pyridine rings is 1. The number of hydrogen-bond donors (Lipinski definition) is 1. The van der Waals surface area contributed by atoms with E-state index < -0.39 is 0 Å². The lowest BCUT2D eigenvalue weighted by atomic mass is 10.3. The molecule has 18 heavy (non-hydrogen) atoms. The number of aromatic nitrogens is 1. The van der Waals surface area contributed by atoms with Crippen molar-refractivity contribution in [3.05, 3.63) is 18.3 Å². The fourth-order valence-electron chi connectivity index (χ4n) is 1.75. The van der Waals surface area contributed by atoms with E-state index in [0.29, 0.717) is 0 Å². The first kappa shape index (κ1) is 14.8. The maximum atomic E-state index is 5.75. The number of rotatable bonds is 9. The summed E-state index contributed by atoms with van der Waals surface area (Å²) in [6.07, 6.45) is 2.84. The Labute approximate surface area is 110 Å². The van der Waals surface area contributed by atoms with Gasteiger partial charge in [0, 0.05) is 25.8 Å². The highest BCUT2D eigenvalue weighted by atomic mass is 16.5. The molecule has 0 bridgehead atoms. The average molecular weight is 251 g/mol. The van der Waals surface area contributed by atoms with Crippen LogP contribution in [0.2, 0.25) is 0 Å². The van der Waals surface area contributed by atoms with E-state index in [1.807, 2.05) is 18.3 Å². The highest BCUT2D eigenvalue weighted by molar-refractivity contribution is 5.51. The Hall–Kier alpha value is -1.29. The van der Waals surface area contributed by atoms with Crippen LogP contribution in [-0.4, -0.2) is 37.8 Å². The Morgan fingerprint density at radius 2 is 2.17 bits per heavy atom. The van der Waals surface area contributed by atoms with Crippen molar-refractivity contribution >= 4 is 5.82 Å². The average Bonchev–Trinajstić information content (AvgIpc) is 2.42. The lowest BCUT2D eigenvalue weighted by molar-refractivity contribution is 0.316. The van der Waals surface area contributed by atoms with E-state index in [0.717, 1.165) is 50.8 Å². The highest BCUT2D eigenvalue weighted by Gasteiger charge is 2.11. The first-order chi connectivity index (χ1) is 8.83. The summed E-state index contributed by atoms with van der Waals surface area (Å²) in [5.41, 5.74) is 0. The smallest absolute Gasteiger partial charge is 0.171 e. The van der Waals surface area contributed by atoms with Crippen molar-refractivity contribution in [2.45, 2.75) is 27.2 Å². The zero-order chi connectivity index (χ0) is 13.2. The van der Waals surface area contributed by atoms with Crippen LogP contribution in [0.15, 0.2) is 18.3 Å². The molecule has 0 atom stereocenters. The van der Waals surface area contributed by atoms with Crippen LogP contribution in [0.4, 0.5) is 5.82 Å². The lowest BCUT2D eigenvalue weighted by Gasteiger charge is -2.24. The molecule has 0 saturated carbocycles. The number of nitrogens with zero attached hydrogens (tertiary/aromatic N) is 2. The van der Waals surface area contributed by atoms with E-state index in [1.165, 1.54) is 0 Å². The van der Waals surface area contributed by atoms with E-state index in [4.69, 9.17) is 4.74 Å². The molecule has 1 heterocycles. The molecule has 0 amide bonds. The second-order valence-electron chi connectivity index (χ2n) is 4.11. The van der Waals surface area contributed by atoms with Crippen LogP contribution in [0.1, 0.15) is 27.2 Å². The van der Waals surface area contributed by atoms with E-state index in [9.17, 15) is 0 Å². The number of anilines is 1. The van der Waals surface area contributed by atoms with Crippen molar-refractivity contribution in [2.24, 2.45) is 0 Å². The minimum absolute atomic E-state index is 0.740. The van der Waals surface area contributed by atoms with E-state index in [2.05, 4.69) is 36.0 Å². The fourth-order valence-corrected chi connectivity index (χ4v) is 1.75. The molecule has 102 valence electrons. The van der Waals surface area contributed by atoms with Crippen LogP contribution in [0, 0.1) is 0 Å². The van der Waals surface area contributed by atoms with Crippen LogP contribution >= 0.6 is 0 Å². The molecule has 1 aromatic heterocycles. The monoisotopic (exact) mass is 251 g/mol. The molecule has 0 aliphatic heterocycles. The van der Waals surface area contributed by atoms with Crippen molar-refractivity contribution in [1.29, 1.82) is 0 Å². The number of likely N-dealkylation sites (N-methyl/N-ethyl adjacent to an activating group) is 2. The highest BCUT2D eigenvalue weighted by Crippen LogP contribution is 2.24. The lowest BCUT2D eigenvalue weighted by Crippen LogP contribution is -2.32. The van der Waals surface area contributed by atoms with Gasteiger partial charge in [-0.3, -0.25) is 0 Å². The summed E-state index contributed by atoms with van der Waals surface area (Å²) in [7, 11) is 0. The molecule has 0 aliphatic rings. The molecule has 1 aromatic rings. The Bertz CT molecular complexity index is 331. The molecule has 4 nitrogen and oxygen atoms in total. The third-order valence-corrected chi connectivity index (χ3v) is 2.70. The molecule has 4 heteroatoms.